The lowest BCUT2D eigenvalue weighted by Gasteiger charge is -2.44. The first-order valence-electron chi connectivity index (χ1n) is 6.60. The molecule has 1 aliphatic heterocycles. The maximum atomic E-state index is 12.5. The van der Waals surface area contributed by atoms with Crippen molar-refractivity contribution in [1.82, 2.24) is 0 Å². The van der Waals surface area contributed by atoms with E-state index in [4.69, 9.17) is 9.47 Å². The van der Waals surface area contributed by atoms with E-state index in [1.54, 1.807) is 0 Å². The van der Waals surface area contributed by atoms with Gasteiger partial charge in [-0.3, -0.25) is 4.79 Å². The molecule has 1 spiro atoms. The van der Waals surface area contributed by atoms with Crippen molar-refractivity contribution >= 4 is 11.4 Å². The Labute approximate surface area is 113 Å². The maximum absolute atomic E-state index is 12.5. The number of carbonyl (C=O) groups excluding carboxylic acids is 1. The Morgan fingerprint density at radius 3 is 2.16 bits per heavy atom. The largest absolute Gasteiger partial charge is 0.337 e. The van der Waals surface area contributed by atoms with Crippen LogP contribution in [0, 0.1) is 5.41 Å². The standard InChI is InChI=1S/C16H18O3/c1-15(2,3)13-12(11-7-5-4-6-8-11)16(14(13)17)18-9-10-19-16/h4-8H,9-10H2,1-3H3. The minimum atomic E-state index is -1.13. The highest BCUT2D eigenvalue weighted by atomic mass is 16.7. The summed E-state index contributed by atoms with van der Waals surface area (Å²) < 4.78 is 11.3. The van der Waals surface area contributed by atoms with Gasteiger partial charge in [-0.05, 0) is 11.0 Å². The fraction of sp³-hybridized carbons (Fsp3) is 0.438. The number of hydrogen-bond donors (Lipinski definition) is 0. The van der Waals surface area contributed by atoms with Gasteiger partial charge >= 0.3 is 0 Å². The number of ketones is 1. The Hall–Kier alpha value is -1.45. The monoisotopic (exact) mass is 258 g/mol. The van der Waals surface area contributed by atoms with Crippen LogP contribution in [-0.2, 0) is 14.3 Å². The Bertz CT molecular complexity index is 543. The van der Waals surface area contributed by atoms with Crippen LogP contribution in [0.2, 0.25) is 0 Å². The van der Waals surface area contributed by atoms with Gasteiger partial charge in [0.15, 0.2) is 0 Å². The number of ether oxygens (including phenoxy) is 2. The average Bonchev–Trinajstić information content (AvgIpc) is 2.86. The van der Waals surface area contributed by atoms with Crippen molar-refractivity contribution < 1.29 is 14.3 Å². The molecule has 3 heteroatoms. The summed E-state index contributed by atoms with van der Waals surface area (Å²) in [6.07, 6.45) is 0. The van der Waals surface area contributed by atoms with E-state index in [9.17, 15) is 4.79 Å². The second kappa shape index (κ2) is 4.02. The summed E-state index contributed by atoms with van der Waals surface area (Å²) in [5.41, 5.74) is 2.53. The zero-order valence-electron chi connectivity index (χ0n) is 11.5. The van der Waals surface area contributed by atoms with E-state index in [2.05, 4.69) is 0 Å². The van der Waals surface area contributed by atoms with Gasteiger partial charge in [0.25, 0.3) is 5.79 Å². The molecule has 19 heavy (non-hydrogen) atoms. The molecule has 0 N–H and O–H groups in total. The molecule has 0 radical (unpaired) electrons. The van der Waals surface area contributed by atoms with Crippen LogP contribution in [0.3, 0.4) is 0 Å². The van der Waals surface area contributed by atoms with Crippen LogP contribution in [-0.4, -0.2) is 24.8 Å². The molecule has 0 saturated carbocycles. The summed E-state index contributed by atoms with van der Waals surface area (Å²) in [5, 5.41) is 0. The van der Waals surface area contributed by atoms with E-state index >= 15 is 0 Å². The van der Waals surface area contributed by atoms with E-state index in [1.165, 1.54) is 0 Å². The molecule has 100 valence electrons. The molecule has 1 aromatic carbocycles. The van der Waals surface area contributed by atoms with Gasteiger partial charge in [-0.2, -0.15) is 0 Å². The van der Waals surface area contributed by atoms with Crippen molar-refractivity contribution in [2.75, 3.05) is 13.2 Å². The quantitative estimate of drug-likeness (QED) is 0.777. The molecule has 1 aliphatic carbocycles. The molecule has 0 aromatic heterocycles. The molecular formula is C16H18O3. The highest BCUT2D eigenvalue weighted by Crippen LogP contribution is 2.53. The second-order valence-electron chi connectivity index (χ2n) is 6.01. The highest BCUT2D eigenvalue weighted by Gasteiger charge is 2.61. The summed E-state index contributed by atoms with van der Waals surface area (Å²) in [7, 11) is 0. The molecule has 1 aromatic rings. The summed E-state index contributed by atoms with van der Waals surface area (Å²) in [5.74, 6) is -1.15. The van der Waals surface area contributed by atoms with Crippen LogP contribution in [0.4, 0.5) is 0 Å². The van der Waals surface area contributed by atoms with Gasteiger partial charge in [-0.25, -0.2) is 0 Å². The van der Waals surface area contributed by atoms with E-state index in [-0.39, 0.29) is 11.2 Å². The van der Waals surface area contributed by atoms with Crippen LogP contribution < -0.4 is 0 Å². The molecule has 0 unspecified atom stereocenters. The van der Waals surface area contributed by atoms with Gasteiger partial charge < -0.3 is 9.47 Å². The van der Waals surface area contributed by atoms with Crippen LogP contribution in [0.15, 0.2) is 35.9 Å². The van der Waals surface area contributed by atoms with E-state index in [0.717, 1.165) is 16.7 Å². The average molecular weight is 258 g/mol. The molecule has 1 fully saturated rings. The van der Waals surface area contributed by atoms with Crippen LogP contribution >= 0.6 is 0 Å². The minimum absolute atomic E-state index is 0.0173. The third-order valence-electron chi connectivity index (χ3n) is 3.61. The fourth-order valence-electron chi connectivity index (χ4n) is 2.84. The second-order valence-corrected chi connectivity index (χ2v) is 6.01. The van der Waals surface area contributed by atoms with Crippen LogP contribution in [0.25, 0.3) is 5.57 Å². The Morgan fingerprint density at radius 2 is 1.63 bits per heavy atom. The van der Waals surface area contributed by atoms with Crippen molar-refractivity contribution in [3.63, 3.8) is 0 Å². The molecule has 1 heterocycles. The zero-order chi connectivity index (χ0) is 13.7. The SMILES string of the molecule is CC(C)(C)C1=C(c2ccccc2)C2(OCCO2)C1=O. The van der Waals surface area contributed by atoms with E-state index < -0.39 is 5.79 Å². The molecule has 0 amide bonds. The predicted octanol–water partition coefficient (Wildman–Crippen LogP) is 2.81. The van der Waals surface area contributed by atoms with Gasteiger partial charge in [-0.1, -0.05) is 51.1 Å². The Kier molecular flexibility index (Phi) is 2.66. The number of benzene rings is 1. The number of carbonyl (C=O) groups is 1. The first kappa shape index (κ1) is 12.6. The molecule has 0 atom stereocenters. The van der Waals surface area contributed by atoms with Gasteiger partial charge in [0.2, 0.25) is 5.78 Å². The van der Waals surface area contributed by atoms with Gasteiger partial charge in [0, 0.05) is 11.1 Å². The van der Waals surface area contributed by atoms with Crippen molar-refractivity contribution in [2.24, 2.45) is 5.41 Å². The summed E-state index contributed by atoms with van der Waals surface area (Å²) >= 11 is 0. The van der Waals surface area contributed by atoms with Gasteiger partial charge in [0.1, 0.15) is 0 Å². The first-order valence-corrected chi connectivity index (χ1v) is 6.60. The molecule has 3 nitrogen and oxygen atoms in total. The fourth-order valence-corrected chi connectivity index (χ4v) is 2.84. The molecule has 1 saturated heterocycles. The summed E-state index contributed by atoms with van der Waals surface area (Å²) in [4.78, 5) is 12.5. The number of hydrogen-bond acceptors (Lipinski definition) is 3. The Morgan fingerprint density at radius 1 is 1.05 bits per heavy atom. The minimum Gasteiger partial charge on any atom is -0.337 e. The predicted molar refractivity (Wildman–Crippen MR) is 72.5 cm³/mol. The first-order chi connectivity index (χ1) is 8.97. The third-order valence-corrected chi connectivity index (χ3v) is 3.61. The third kappa shape index (κ3) is 1.69. The van der Waals surface area contributed by atoms with Gasteiger partial charge in [-0.15, -0.1) is 0 Å². The lowest BCUT2D eigenvalue weighted by atomic mass is 9.66. The topological polar surface area (TPSA) is 35.5 Å². The lowest BCUT2D eigenvalue weighted by molar-refractivity contribution is -0.164. The number of Topliss-reactive ketones (excluding diaryl/α,β-unsaturated/α-hetero) is 1. The van der Waals surface area contributed by atoms with Crippen LogP contribution in [0.1, 0.15) is 26.3 Å². The molecular weight excluding hydrogens is 240 g/mol. The number of rotatable bonds is 1. The molecule has 3 rings (SSSR count). The normalized spacial score (nSPS) is 21.9. The Balaban J connectivity index is 2.19. The van der Waals surface area contributed by atoms with Crippen LogP contribution in [0.5, 0.6) is 0 Å². The highest BCUT2D eigenvalue weighted by molar-refractivity contribution is 6.24. The summed E-state index contributed by atoms with van der Waals surface area (Å²) in [6, 6.07) is 9.90. The van der Waals surface area contributed by atoms with Crippen molar-refractivity contribution in [3.8, 4) is 0 Å². The van der Waals surface area contributed by atoms with Gasteiger partial charge in [0.05, 0.1) is 13.2 Å². The molecule has 2 aliphatic rings. The van der Waals surface area contributed by atoms with Crippen molar-refractivity contribution in [2.45, 2.75) is 26.6 Å². The summed E-state index contributed by atoms with van der Waals surface area (Å²) in [6.45, 7) is 7.08. The maximum Gasteiger partial charge on any atom is 0.262 e. The van der Waals surface area contributed by atoms with Crippen molar-refractivity contribution in [3.05, 3.63) is 41.5 Å². The van der Waals surface area contributed by atoms with E-state index in [1.807, 2.05) is 51.1 Å². The lowest BCUT2D eigenvalue weighted by Crippen LogP contribution is -2.53. The van der Waals surface area contributed by atoms with Crippen molar-refractivity contribution in [1.29, 1.82) is 0 Å². The zero-order valence-corrected chi connectivity index (χ0v) is 11.5. The van der Waals surface area contributed by atoms with E-state index in [0.29, 0.717) is 13.2 Å². The molecule has 0 bridgehead atoms. The smallest absolute Gasteiger partial charge is 0.262 e.